The van der Waals surface area contributed by atoms with E-state index < -0.39 is 5.97 Å². The lowest BCUT2D eigenvalue weighted by atomic mass is 10.1. The van der Waals surface area contributed by atoms with E-state index in [0.29, 0.717) is 6.10 Å². The Kier molecular flexibility index (Phi) is 20.3. The smallest absolute Gasteiger partial charge is 0.117 e. The lowest BCUT2D eigenvalue weighted by Crippen LogP contribution is -2.43. The number of rotatable bonds is 19. The standard InChI is InChI=1S/C22H48NO.C7H6O2/c1-6-9-11-12-13-14-15-16-17-19-21-23(4,5)24-22(8-3)20-18-10-7-2;8-7(9)6-4-2-1-3-5-6/h22H,6-21H2,1-5H3;1-5H,(H,8,9)/q+1;/p-1. The molecule has 1 rings (SSSR count). The maximum atomic E-state index is 10.1. The van der Waals surface area contributed by atoms with E-state index in [-0.39, 0.29) is 5.56 Å². The largest absolute Gasteiger partial charge is 0.545 e. The highest BCUT2D eigenvalue weighted by Crippen LogP contribution is 2.16. The summed E-state index contributed by atoms with van der Waals surface area (Å²) in [6, 6.07) is 8.06. The molecule has 0 amide bonds. The lowest BCUT2D eigenvalue weighted by Gasteiger charge is -2.31. The van der Waals surface area contributed by atoms with E-state index in [0.717, 1.165) is 17.6 Å². The molecule has 1 atom stereocenters. The molecule has 0 radical (unpaired) electrons. The van der Waals surface area contributed by atoms with Gasteiger partial charge in [-0.3, -0.25) is 0 Å². The molecule has 1 unspecified atom stereocenters. The first-order valence-corrected chi connectivity index (χ1v) is 13.6. The fourth-order valence-corrected chi connectivity index (χ4v) is 3.96. The van der Waals surface area contributed by atoms with E-state index in [4.69, 9.17) is 4.84 Å². The van der Waals surface area contributed by atoms with E-state index in [1.165, 1.54) is 102 Å². The van der Waals surface area contributed by atoms with Gasteiger partial charge in [-0.1, -0.05) is 122 Å². The van der Waals surface area contributed by atoms with Gasteiger partial charge in [0.15, 0.2) is 0 Å². The number of carbonyl (C=O) groups is 1. The van der Waals surface area contributed by atoms with Crippen LogP contribution in [0.5, 0.6) is 0 Å². The highest BCUT2D eigenvalue weighted by molar-refractivity contribution is 5.85. The predicted octanol–water partition coefficient (Wildman–Crippen LogP) is 7.32. The Hall–Kier alpha value is -1.39. The summed E-state index contributed by atoms with van der Waals surface area (Å²) in [6.07, 6.45) is 20.8. The molecule has 1 aromatic carbocycles. The molecule has 4 nitrogen and oxygen atoms in total. The van der Waals surface area contributed by atoms with Gasteiger partial charge in [0.05, 0.1) is 20.1 Å². The maximum Gasteiger partial charge on any atom is 0.117 e. The number of aromatic carboxylic acids is 1. The zero-order valence-electron chi connectivity index (χ0n) is 22.4. The summed E-state index contributed by atoms with van der Waals surface area (Å²) in [7, 11) is 4.46. The van der Waals surface area contributed by atoms with E-state index in [9.17, 15) is 9.90 Å². The maximum absolute atomic E-state index is 10.1. The van der Waals surface area contributed by atoms with Crippen molar-refractivity contribution < 1.29 is 19.4 Å². The molecule has 0 heterocycles. The van der Waals surface area contributed by atoms with Gasteiger partial charge in [-0.2, -0.15) is 4.65 Å². The van der Waals surface area contributed by atoms with Crippen molar-refractivity contribution in [3.63, 3.8) is 0 Å². The normalized spacial score (nSPS) is 12.2. The van der Waals surface area contributed by atoms with Crippen molar-refractivity contribution in [2.24, 2.45) is 0 Å². The summed E-state index contributed by atoms with van der Waals surface area (Å²) in [4.78, 5) is 16.4. The fourth-order valence-electron chi connectivity index (χ4n) is 3.96. The van der Waals surface area contributed by atoms with Crippen LogP contribution in [0.15, 0.2) is 30.3 Å². The van der Waals surface area contributed by atoms with Crippen molar-refractivity contribution in [3.8, 4) is 0 Å². The SMILES string of the molecule is CCCCCCCCCCCC[N+](C)(C)OC(CC)CCCCC.O=C([O-])c1ccccc1. The van der Waals surface area contributed by atoms with Crippen molar-refractivity contribution >= 4 is 5.97 Å². The van der Waals surface area contributed by atoms with Gasteiger partial charge in [-0.25, -0.2) is 4.84 Å². The molecule has 0 N–H and O–H groups in total. The van der Waals surface area contributed by atoms with Gasteiger partial charge in [-0.05, 0) is 31.2 Å². The highest BCUT2D eigenvalue weighted by atomic mass is 16.7. The zero-order valence-corrected chi connectivity index (χ0v) is 22.4. The third-order valence-electron chi connectivity index (χ3n) is 6.08. The number of quaternary nitrogens is 1. The number of carboxylic acid groups (broad SMARTS) is 1. The van der Waals surface area contributed by atoms with Gasteiger partial charge in [-0.15, -0.1) is 0 Å². The summed E-state index contributed by atoms with van der Waals surface area (Å²) in [5, 5.41) is 10.1. The minimum Gasteiger partial charge on any atom is -0.545 e. The summed E-state index contributed by atoms with van der Waals surface area (Å²) in [5.74, 6) is -1.13. The quantitative estimate of drug-likeness (QED) is 0.123. The molecule has 4 heteroatoms. The Morgan fingerprint density at radius 3 is 1.73 bits per heavy atom. The summed E-state index contributed by atoms with van der Waals surface area (Å²) < 4.78 is 0.738. The van der Waals surface area contributed by atoms with Crippen molar-refractivity contribution in [2.75, 3.05) is 20.6 Å². The van der Waals surface area contributed by atoms with E-state index >= 15 is 0 Å². The van der Waals surface area contributed by atoms with Gasteiger partial charge >= 0.3 is 0 Å². The van der Waals surface area contributed by atoms with Crippen LogP contribution in [-0.2, 0) is 4.84 Å². The van der Waals surface area contributed by atoms with Crippen LogP contribution in [0.3, 0.4) is 0 Å². The van der Waals surface area contributed by atoms with Crippen LogP contribution < -0.4 is 5.11 Å². The second kappa shape index (κ2) is 21.2. The predicted molar refractivity (Wildman–Crippen MR) is 139 cm³/mol. The average molecular weight is 464 g/mol. The monoisotopic (exact) mass is 463 g/mol. The Labute approximate surface area is 205 Å². The molecule has 0 bridgehead atoms. The molecule has 0 saturated carbocycles. The fraction of sp³-hybridized carbons (Fsp3) is 0.759. The molecule has 0 fully saturated rings. The highest BCUT2D eigenvalue weighted by Gasteiger charge is 2.22. The van der Waals surface area contributed by atoms with E-state index in [2.05, 4.69) is 34.9 Å². The average Bonchev–Trinajstić information content (AvgIpc) is 2.80. The number of hydrogen-bond donors (Lipinski definition) is 0. The molecule has 0 aliphatic rings. The van der Waals surface area contributed by atoms with Crippen LogP contribution in [0.2, 0.25) is 0 Å². The number of hydroxylamine groups is 3. The summed E-state index contributed by atoms with van der Waals surface area (Å²) >= 11 is 0. The van der Waals surface area contributed by atoms with E-state index in [1.54, 1.807) is 18.2 Å². The van der Waals surface area contributed by atoms with Crippen LogP contribution in [0, 0.1) is 0 Å². The van der Waals surface area contributed by atoms with Gasteiger partial charge in [0.2, 0.25) is 0 Å². The molecule has 192 valence electrons. The Morgan fingerprint density at radius 1 is 0.788 bits per heavy atom. The van der Waals surface area contributed by atoms with Crippen molar-refractivity contribution in [1.82, 2.24) is 0 Å². The molecule has 33 heavy (non-hydrogen) atoms. The number of hydrogen-bond acceptors (Lipinski definition) is 3. The molecule has 0 saturated heterocycles. The first-order chi connectivity index (χ1) is 15.9. The third kappa shape index (κ3) is 19.8. The van der Waals surface area contributed by atoms with Crippen molar-refractivity contribution in [3.05, 3.63) is 35.9 Å². The third-order valence-corrected chi connectivity index (χ3v) is 6.08. The number of unbranched alkanes of at least 4 members (excludes halogenated alkanes) is 11. The van der Waals surface area contributed by atoms with Gasteiger partial charge in [0.25, 0.3) is 0 Å². The van der Waals surface area contributed by atoms with Crippen molar-refractivity contribution in [1.29, 1.82) is 0 Å². The first kappa shape index (κ1) is 31.6. The molecule has 0 spiro atoms. The molecular formula is C29H53NO3. The van der Waals surface area contributed by atoms with Crippen LogP contribution in [0.1, 0.15) is 127 Å². The summed E-state index contributed by atoms with van der Waals surface area (Å²) in [5.41, 5.74) is 0.220. The van der Waals surface area contributed by atoms with E-state index in [1.807, 2.05) is 0 Å². The molecule has 0 aromatic heterocycles. The molecule has 1 aromatic rings. The number of benzene rings is 1. The second-order valence-corrected chi connectivity index (χ2v) is 9.76. The second-order valence-electron chi connectivity index (χ2n) is 9.76. The Bertz CT molecular complexity index is 559. The summed E-state index contributed by atoms with van der Waals surface area (Å²) in [6.45, 7) is 7.97. The van der Waals surface area contributed by atoms with Crippen molar-refractivity contribution in [2.45, 2.75) is 123 Å². The van der Waals surface area contributed by atoms with Crippen LogP contribution in [0.4, 0.5) is 0 Å². The number of carboxylic acids is 1. The minimum absolute atomic E-state index is 0.220. The first-order valence-electron chi connectivity index (χ1n) is 13.6. The number of carbonyl (C=O) groups excluding carboxylic acids is 1. The zero-order chi connectivity index (χ0) is 24.8. The topological polar surface area (TPSA) is 49.4 Å². The molecule has 0 aliphatic heterocycles. The minimum atomic E-state index is -1.13. The van der Waals surface area contributed by atoms with Crippen LogP contribution in [0.25, 0.3) is 0 Å². The molecule has 0 aliphatic carbocycles. The van der Waals surface area contributed by atoms with Gasteiger partial charge < -0.3 is 9.90 Å². The Morgan fingerprint density at radius 2 is 1.27 bits per heavy atom. The van der Waals surface area contributed by atoms with Crippen LogP contribution in [-0.4, -0.2) is 37.4 Å². The Balaban J connectivity index is 0.000000938. The van der Waals surface area contributed by atoms with Gasteiger partial charge in [0.1, 0.15) is 12.6 Å². The van der Waals surface area contributed by atoms with Crippen LogP contribution >= 0.6 is 0 Å². The van der Waals surface area contributed by atoms with Gasteiger partial charge in [0, 0.05) is 0 Å². The lowest BCUT2D eigenvalue weighted by molar-refractivity contribution is -1.08. The molecular weight excluding hydrogens is 410 g/mol. The number of nitrogens with zero attached hydrogens (tertiary/aromatic N) is 1.